The van der Waals surface area contributed by atoms with Gasteiger partial charge in [0.25, 0.3) is 0 Å². The minimum absolute atomic E-state index is 0.00836. The predicted octanol–water partition coefficient (Wildman–Crippen LogP) is -1.61. The van der Waals surface area contributed by atoms with E-state index in [1.165, 1.54) is 33.9 Å². The number of carboxylic acids is 6. The SMILES string of the molecule is CNC(C)(CCC(NC(=O)CCC(NC(=O)NC(CCC(=O)O)C(=O)O)C(=O)O)C(=O)O)N(Cc1nccn1CC(=O)O)Cc1nccn1CC(=O)O. The summed E-state index contributed by atoms with van der Waals surface area (Å²) in [6.07, 6.45) is 3.39. The van der Waals surface area contributed by atoms with Crippen LogP contribution in [-0.4, -0.2) is 133 Å². The topological polar surface area (TPSA) is 345 Å². The number of imidazole rings is 2. The molecule has 23 nitrogen and oxygen atoms in total. The standard InChI is InChI=1S/C30H43N9O14/c1-30(31-2,39(13-20-32-9-11-37(20)15-24(43)44)14-21-33-10-12-38(21)16-25(45)46)8-7-19(28(51)52)34-22(40)5-3-17(26(47)48)35-29(53)36-18(27(49)50)4-6-23(41)42/h9-12,17-19,31H,3-8,13-16H2,1-2H3,(H,34,40)(H,41,42)(H,43,44)(H,45,46)(H,47,48)(H,49,50)(H,51,52)(H2,35,36,53). The molecule has 10 N–H and O–H groups in total. The van der Waals surface area contributed by atoms with Crippen LogP contribution < -0.4 is 21.3 Å². The number of rotatable bonds is 25. The van der Waals surface area contributed by atoms with E-state index in [2.05, 4.69) is 20.6 Å². The number of nitrogens with one attached hydrogen (secondary N) is 4. The van der Waals surface area contributed by atoms with Gasteiger partial charge in [-0.1, -0.05) is 0 Å². The summed E-state index contributed by atoms with van der Waals surface area (Å²) in [5.74, 6) is -8.38. The maximum atomic E-state index is 12.8. The molecule has 0 saturated heterocycles. The second kappa shape index (κ2) is 20.1. The van der Waals surface area contributed by atoms with Gasteiger partial charge >= 0.3 is 41.8 Å². The van der Waals surface area contributed by atoms with Gasteiger partial charge in [0.15, 0.2) is 0 Å². The molecule has 0 fully saturated rings. The Bertz CT molecular complexity index is 1590. The Balaban J connectivity index is 2.18. The van der Waals surface area contributed by atoms with Crippen LogP contribution in [0.1, 0.15) is 57.1 Å². The Hall–Kier alpha value is -6.10. The van der Waals surface area contributed by atoms with Crippen LogP contribution >= 0.6 is 0 Å². The number of amides is 3. The summed E-state index contributed by atoms with van der Waals surface area (Å²) >= 11 is 0. The molecule has 2 aromatic heterocycles. The molecule has 0 aromatic carbocycles. The third-order valence-electron chi connectivity index (χ3n) is 8.18. The number of carboxylic acid groups (broad SMARTS) is 6. The molecule has 2 aromatic rings. The Morgan fingerprint density at radius 1 is 0.679 bits per heavy atom. The van der Waals surface area contributed by atoms with Crippen LogP contribution in [0.25, 0.3) is 0 Å². The first-order valence-electron chi connectivity index (χ1n) is 16.0. The Morgan fingerprint density at radius 2 is 1.11 bits per heavy atom. The van der Waals surface area contributed by atoms with Crippen LogP contribution in [0, 0.1) is 0 Å². The average molecular weight is 754 g/mol. The van der Waals surface area contributed by atoms with Gasteiger partial charge in [-0.15, -0.1) is 0 Å². The van der Waals surface area contributed by atoms with Gasteiger partial charge in [-0.25, -0.2) is 29.1 Å². The van der Waals surface area contributed by atoms with E-state index in [0.29, 0.717) is 11.6 Å². The van der Waals surface area contributed by atoms with Crippen LogP contribution in [0.5, 0.6) is 0 Å². The zero-order valence-corrected chi connectivity index (χ0v) is 28.8. The van der Waals surface area contributed by atoms with E-state index in [1.54, 1.807) is 18.9 Å². The molecule has 2 heterocycles. The van der Waals surface area contributed by atoms with Crippen molar-refractivity contribution in [3.8, 4) is 0 Å². The zero-order valence-electron chi connectivity index (χ0n) is 28.8. The molecule has 0 aliphatic heterocycles. The van der Waals surface area contributed by atoms with Gasteiger partial charge in [0.2, 0.25) is 5.91 Å². The van der Waals surface area contributed by atoms with E-state index in [0.717, 1.165) is 0 Å². The molecule has 292 valence electrons. The first kappa shape index (κ1) is 43.1. The van der Waals surface area contributed by atoms with Gasteiger partial charge in [-0.2, -0.15) is 0 Å². The molecule has 53 heavy (non-hydrogen) atoms. The minimum Gasteiger partial charge on any atom is -0.481 e. The van der Waals surface area contributed by atoms with Gasteiger partial charge in [0.1, 0.15) is 42.9 Å². The van der Waals surface area contributed by atoms with Crippen LogP contribution in [0.4, 0.5) is 4.79 Å². The van der Waals surface area contributed by atoms with E-state index in [1.807, 2.05) is 10.6 Å². The zero-order chi connectivity index (χ0) is 39.9. The number of aromatic nitrogens is 4. The molecule has 3 amide bonds. The van der Waals surface area contributed by atoms with Gasteiger partial charge in [-0.05, 0) is 39.7 Å². The third kappa shape index (κ3) is 14.2. The number of hydrogen-bond donors (Lipinski definition) is 10. The summed E-state index contributed by atoms with van der Waals surface area (Å²) in [6, 6.07) is -6.09. The molecule has 0 radical (unpaired) electrons. The van der Waals surface area contributed by atoms with Gasteiger partial charge in [0, 0.05) is 37.6 Å². The largest absolute Gasteiger partial charge is 0.481 e. The highest BCUT2D eigenvalue weighted by molar-refractivity contribution is 5.87. The smallest absolute Gasteiger partial charge is 0.326 e. The third-order valence-corrected chi connectivity index (χ3v) is 8.18. The number of urea groups is 1. The first-order valence-corrected chi connectivity index (χ1v) is 16.0. The van der Waals surface area contributed by atoms with Gasteiger partial charge in [0.05, 0.1) is 18.8 Å². The number of nitrogens with zero attached hydrogens (tertiary/aromatic N) is 5. The van der Waals surface area contributed by atoms with Crippen molar-refractivity contribution in [2.45, 2.75) is 95.4 Å². The summed E-state index contributed by atoms with van der Waals surface area (Å²) in [6.45, 7) is 0.877. The second-order valence-electron chi connectivity index (χ2n) is 12.0. The maximum Gasteiger partial charge on any atom is 0.326 e. The molecule has 23 heteroatoms. The first-order chi connectivity index (χ1) is 24.8. The highest BCUT2D eigenvalue weighted by atomic mass is 16.4. The van der Waals surface area contributed by atoms with Crippen molar-refractivity contribution in [1.82, 2.24) is 45.3 Å². The highest BCUT2D eigenvalue weighted by Crippen LogP contribution is 2.24. The lowest BCUT2D eigenvalue weighted by atomic mass is 9.99. The summed E-state index contributed by atoms with van der Waals surface area (Å²) in [5, 5.41) is 65.5. The average Bonchev–Trinajstić information content (AvgIpc) is 3.69. The van der Waals surface area contributed by atoms with Crippen molar-refractivity contribution in [3.05, 3.63) is 36.4 Å². The molecule has 4 atom stereocenters. The fraction of sp³-hybridized carbons (Fsp3) is 0.533. The van der Waals surface area contributed by atoms with Crippen molar-refractivity contribution in [3.63, 3.8) is 0 Å². The molecule has 4 unspecified atom stereocenters. The van der Waals surface area contributed by atoms with E-state index < -0.39 is 110 Å². The second-order valence-corrected chi connectivity index (χ2v) is 12.0. The van der Waals surface area contributed by atoms with Crippen LogP contribution in [0.2, 0.25) is 0 Å². The van der Waals surface area contributed by atoms with Crippen LogP contribution in [0.3, 0.4) is 0 Å². The number of aliphatic carboxylic acids is 6. The fourth-order valence-corrected chi connectivity index (χ4v) is 5.12. The predicted molar refractivity (Wildman–Crippen MR) is 176 cm³/mol. The molecular formula is C30H43N9O14. The lowest BCUT2D eigenvalue weighted by Gasteiger charge is -2.41. The Kier molecular flexibility index (Phi) is 16.3. The normalized spacial score (nSPS) is 13.9. The summed E-state index contributed by atoms with van der Waals surface area (Å²) in [4.78, 5) is 104. The van der Waals surface area contributed by atoms with E-state index in [4.69, 9.17) is 5.11 Å². The van der Waals surface area contributed by atoms with E-state index in [9.17, 15) is 63.9 Å². The molecule has 0 bridgehead atoms. The highest BCUT2D eigenvalue weighted by Gasteiger charge is 2.35. The Morgan fingerprint density at radius 3 is 1.51 bits per heavy atom. The summed E-state index contributed by atoms with van der Waals surface area (Å²) < 4.78 is 2.78. The van der Waals surface area contributed by atoms with Crippen molar-refractivity contribution >= 4 is 47.8 Å². The molecule has 0 spiro atoms. The molecule has 2 rings (SSSR count). The summed E-state index contributed by atoms with van der Waals surface area (Å²) in [7, 11) is 1.58. The van der Waals surface area contributed by atoms with Crippen LogP contribution in [-0.2, 0) is 59.7 Å². The summed E-state index contributed by atoms with van der Waals surface area (Å²) in [5.41, 5.74) is -1.11. The van der Waals surface area contributed by atoms with Crippen LogP contribution in [0.15, 0.2) is 24.8 Å². The lowest BCUT2D eigenvalue weighted by molar-refractivity contribution is -0.143. The number of carbonyl (C=O) groups is 8. The quantitative estimate of drug-likeness (QED) is 0.0510. The molecule has 0 saturated carbocycles. The van der Waals surface area contributed by atoms with Gasteiger partial charge < -0.3 is 61.0 Å². The van der Waals surface area contributed by atoms with Crippen molar-refractivity contribution in [1.29, 1.82) is 0 Å². The molecule has 0 aliphatic rings. The lowest BCUT2D eigenvalue weighted by Crippen LogP contribution is -2.56. The molecular weight excluding hydrogens is 710 g/mol. The van der Waals surface area contributed by atoms with E-state index in [-0.39, 0.29) is 25.9 Å². The van der Waals surface area contributed by atoms with Crippen molar-refractivity contribution in [2.75, 3.05) is 7.05 Å². The molecule has 0 aliphatic carbocycles. The maximum absolute atomic E-state index is 12.8. The van der Waals surface area contributed by atoms with Gasteiger partial charge in [-0.3, -0.25) is 24.1 Å². The monoisotopic (exact) mass is 753 g/mol. The fourth-order valence-electron chi connectivity index (χ4n) is 5.12. The van der Waals surface area contributed by atoms with Crippen molar-refractivity contribution in [2.24, 2.45) is 0 Å². The van der Waals surface area contributed by atoms with E-state index >= 15 is 0 Å². The minimum atomic E-state index is -1.71. The number of hydrogen-bond acceptors (Lipinski definition) is 12. The number of carbonyl (C=O) groups excluding carboxylic acids is 2. The van der Waals surface area contributed by atoms with Crippen molar-refractivity contribution < 1.29 is 69.0 Å². The Labute approximate surface area is 301 Å².